The molecule has 0 aromatic carbocycles. The molecule has 0 bridgehead atoms. The fourth-order valence-corrected chi connectivity index (χ4v) is 1.97. The summed E-state index contributed by atoms with van der Waals surface area (Å²) in [6.07, 6.45) is 3.33. The van der Waals surface area contributed by atoms with Gasteiger partial charge in [0.2, 0.25) is 0 Å². The number of carbonyl (C=O) groups is 1. The molecule has 0 saturated heterocycles. The van der Waals surface area contributed by atoms with Crippen molar-refractivity contribution in [3.8, 4) is 0 Å². The maximum Gasteiger partial charge on any atom is 0.323 e. The van der Waals surface area contributed by atoms with Crippen molar-refractivity contribution in [2.45, 2.75) is 31.2 Å². The van der Waals surface area contributed by atoms with Crippen molar-refractivity contribution < 1.29 is 19.7 Å². The standard InChI is InChI=1S/C10H19NO4/c12-6-8-15-7-5-11-10(9(13)14)3-1-2-4-10/h11-12H,1-8H2,(H,13,14). The van der Waals surface area contributed by atoms with Gasteiger partial charge in [-0.1, -0.05) is 12.8 Å². The number of hydrogen-bond donors (Lipinski definition) is 3. The second-order valence-corrected chi connectivity index (χ2v) is 3.86. The molecule has 0 unspecified atom stereocenters. The van der Waals surface area contributed by atoms with Gasteiger partial charge >= 0.3 is 5.97 Å². The molecule has 0 aromatic rings. The minimum absolute atomic E-state index is 0.00404. The Labute approximate surface area is 89.4 Å². The summed E-state index contributed by atoms with van der Waals surface area (Å²) in [7, 11) is 0. The molecule has 5 nitrogen and oxygen atoms in total. The summed E-state index contributed by atoms with van der Waals surface area (Å²) >= 11 is 0. The van der Waals surface area contributed by atoms with Crippen LogP contribution < -0.4 is 5.32 Å². The molecule has 1 aliphatic carbocycles. The van der Waals surface area contributed by atoms with Crippen molar-refractivity contribution in [1.29, 1.82) is 0 Å². The number of carboxylic acids is 1. The van der Waals surface area contributed by atoms with E-state index >= 15 is 0 Å². The van der Waals surface area contributed by atoms with Crippen LogP contribution in [0.4, 0.5) is 0 Å². The Morgan fingerprint density at radius 1 is 1.33 bits per heavy atom. The third kappa shape index (κ3) is 3.44. The van der Waals surface area contributed by atoms with Crippen LogP contribution in [0.3, 0.4) is 0 Å². The van der Waals surface area contributed by atoms with Crippen LogP contribution in [0.2, 0.25) is 0 Å². The first-order chi connectivity index (χ1) is 7.21. The van der Waals surface area contributed by atoms with Gasteiger partial charge in [-0.2, -0.15) is 0 Å². The van der Waals surface area contributed by atoms with Gasteiger partial charge in [0.15, 0.2) is 0 Å². The molecule has 0 heterocycles. The Hall–Kier alpha value is -0.650. The molecule has 5 heteroatoms. The lowest BCUT2D eigenvalue weighted by Gasteiger charge is -2.25. The molecule has 15 heavy (non-hydrogen) atoms. The highest BCUT2D eigenvalue weighted by atomic mass is 16.5. The number of rotatable bonds is 7. The zero-order valence-electron chi connectivity index (χ0n) is 8.87. The largest absolute Gasteiger partial charge is 0.480 e. The van der Waals surface area contributed by atoms with Crippen molar-refractivity contribution in [2.24, 2.45) is 0 Å². The highest BCUT2D eigenvalue weighted by Gasteiger charge is 2.40. The van der Waals surface area contributed by atoms with E-state index in [-0.39, 0.29) is 6.61 Å². The summed E-state index contributed by atoms with van der Waals surface area (Å²) in [6.45, 7) is 1.27. The molecular weight excluding hydrogens is 198 g/mol. The van der Waals surface area contributed by atoms with Crippen LogP contribution >= 0.6 is 0 Å². The molecule has 1 fully saturated rings. The predicted octanol–water partition coefficient (Wildman–Crippen LogP) is -0.0177. The Bertz CT molecular complexity index is 202. The van der Waals surface area contributed by atoms with Gasteiger partial charge in [-0.05, 0) is 12.8 Å². The summed E-state index contributed by atoms with van der Waals surface area (Å²) in [4.78, 5) is 11.1. The lowest BCUT2D eigenvalue weighted by atomic mass is 9.98. The van der Waals surface area contributed by atoms with E-state index in [1.807, 2.05) is 0 Å². The Morgan fingerprint density at radius 2 is 2.00 bits per heavy atom. The molecule has 0 radical (unpaired) electrons. The maximum atomic E-state index is 11.1. The van der Waals surface area contributed by atoms with Crippen molar-refractivity contribution in [1.82, 2.24) is 5.32 Å². The topological polar surface area (TPSA) is 78.8 Å². The van der Waals surface area contributed by atoms with E-state index in [0.29, 0.717) is 32.6 Å². The molecule has 1 saturated carbocycles. The molecule has 3 N–H and O–H groups in total. The number of nitrogens with one attached hydrogen (secondary N) is 1. The van der Waals surface area contributed by atoms with Crippen LogP contribution in [0.25, 0.3) is 0 Å². The van der Waals surface area contributed by atoms with E-state index in [1.54, 1.807) is 0 Å². The van der Waals surface area contributed by atoms with Gasteiger partial charge in [0, 0.05) is 6.54 Å². The summed E-state index contributed by atoms with van der Waals surface area (Å²) in [6, 6.07) is 0. The summed E-state index contributed by atoms with van der Waals surface area (Å²) in [5.41, 5.74) is -0.734. The fourth-order valence-electron chi connectivity index (χ4n) is 1.97. The van der Waals surface area contributed by atoms with E-state index in [0.717, 1.165) is 12.8 Å². The molecule has 1 rings (SSSR count). The first-order valence-electron chi connectivity index (χ1n) is 5.38. The average molecular weight is 217 g/mol. The summed E-state index contributed by atoms with van der Waals surface area (Å²) in [5.74, 6) is -0.762. The summed E-state index contributed by atoms with van der Waals surface area (Å²) in [5, 5.41) is 20.6. The van der Waals surface area contributed by atoms with Crippen molar-refractivity contribution in [3.05, 3.63) is 0 Å². The molecule has 0 spiro atoms. The van der Waals surface area contributed by atoms with E-state index in [1.165, 1.54) is 0 Å². The predicted molar refractivity (Wildman–Crippen MR) is 54.7 cm³/mol. The quantitative estimate of drug-likeness (QED) is 0.522. The van der Waals surface area contributed by atoms with Crippen molar-refractivity contribution in [3.63, 3.8) is 0 Å². The van der Waals surface area contributed by atoms with Crippen LogP contribution in [0.15, 0.2) is 0 Å². The van der Waals surface area contributed by atoms with Gasteiger partial charge < -0.3 is 14.9 Å². The maximum absolute atomic E-state index is 11.1. The fraction of sp³-hybridized carbons (Fsp3) is 0.900. The number of ether oxygens (including phenoxy) is 1. The number of carboxylic acid groups (broad SMARTS) is 1. The van der Waals surface area contributed by atoms with Gasteiger partial charge in [-0.15, -0.1) is 0 Å². The molecular formula is C10H19NO4. The molecule has 0 aromatic heterocycles. The first-order valence-corrected chi connectivity index (χ1v) is 5.38. The van der Waals surface area contributed by atoms with Crippen LogP contribution in [0.5, 0.6) is 0 Å². The highest BCUT2D eigenvalue weighted by Crippen LogP contribution is 2.29. The number of aliphatic hydroxyl groups is 1. The van der Waals surface area contributed by atoms with Gasteiger partial charge in [0.1, 0.15) is 5.54 Å². The zero-order chi connectivity index (χ0) is 11.1. The smallest absolute Gasteiger partial charge is 0.323 e. The van der Waals surface area contributed by atoms with Crippen LogP contribution in [-0.2, 0) is 9.53 Å². The third-order valence-electron chi connectivity index (χ3n) is 2.81. The molecule has 0 atom stereocenters. The van der Waals surface area contributed by atoms with E-state index in [4.69, 9.17) is 14.9 Å². The molecule has 88 valence electrons. The third-order valence-corrected chi connectivity index (χ3v) is 2.81. The highest BCUT2D eigenvalue weighted by molar-refractivity contribution is 5.79. The molecule has 0 amide bonds. The van der Waals surface area contributed by atoms with Crippen LogP contribution in [0.1, 0.15) is 25.7 Å². The Balaban J connectivity index is 2.24. The second-order valence-electron chi connectivity index (χ2n) is 3.86. The lowest BCUT2D eigenvalue weighted by Crippen LogP contribution is -2.50. The van der Waals surface area contributed by atoms with Crippen LogP contribution in [-0.4, -0.2) is 48.1 Å². The number of aliphatic hydroxyl groups excluding tert-OH is 1. The average Bonchev–Trinajstić information content (AvgIpc) is 2.67. The molecule has 0 aliphatic heterocycles. The van der Waals surface area contributed by atoms with Crippen molar-refractivity contribution >= 4 is 5.97 Å². The van der Waals surface area contributed by atoms with Gasteiger partial charge in [-0.25, -0.2) is 0 Å². The molecule has 1 aliphatic rings. The minimum Gasteiger partial charge on any atom is -0.480 e. The normalized spacial score (nSPS) is 19.3. The second kappa shape index (κ2) is 6.05. The number of aliphatic carboxylic acids is 1. The van der Waals surface area contributed by atoms with Gasteiger partial charge in [-0.3, -0.25) is 10.1 Å². The first kappa shape index (κ1) is 12.4. The van der Waals surface area contributed by atoms with Crippen molar-refractivity contribution in [2.75, 3.05) is 26.4 Å². The van der Waals surface area contributed by atoms with E-state index in [2.05, 4.69) is 5.32 Å². The monoisotopic (exact) mass is 217 g/mol. The van der Waals surface area contributed by atoms with Gasteiger partial charge in [0.05, 0.1) is 19.8 Å². The zero-order valence-corrected chi connectivity index (χ0v) is 8.87. The summed E-state index contributed by atoms with van der Waals surface area (Å²) < 4.78 is 5.06. The Morgan fingerprint density at radius 3 is 2.53 bits per heavy atom. The van der Waals surface area contributed by atoms with E-state index < -0.39 is 11.5 Å². The Kier molecular flexibility index (Phi) is 5.01. The van der Waals surface area contributed by atoms with Crippen LogP contribution in [0, 0.1) is 0 Å². The van der Waals surface area contributed by atoms with Gasteiger partial charge in [0.25, 0.3) is 0 Å². The minimum atomic E-state index is -0.762. The SMILES string of the molecule is O=C(O)C1(NCCOCCO)CCCC1. The lowest BCUT2D eigenvalue weighted by molar-refractivity contribution is -0.144. The van der Waals surface area contributed by atoms with E-state index in [9.17, 15) is 4.79 Å². The number of hydrogen-bond acceptors (Lipinski definition) is 4.